The lowest BCUT2D eigenvalue weighted by Crippen LogP contribution is -2.46. The molecule has 3 rings (SSSR count). The van der Waals surface area contributed by atoms with Crippen molar-refractivity contribution in [3.05, 3.63) is 23.3 Å². The molecule has 1 saturated heterocycles. The predicted octanol–water partition coefficient (Wildman–Crippen LogP) is 0.754. The predicted molar refractivity (Wildman–Crippen MR) is 79.7 cm³/mol. The van der Waals surface area contributed by atoms with E-state index in [1.165, 1.54) is 0 Å². The molecule has 0 aromatic heterocycles. The van der Waals surface area contributed by atoms with Crippen molar-refractivity contribution in [2.24, 2.45) is 0 Å². The number of benzene rings is 1. The molecular formula is C14H20N2O4S. The van der Waals surface area contributed by atoms with Gasteiger partial charge < -0.3 is 15.2 Å². The normalized spacial score (nSPS) is 25.1. The number of nitrogens with zero attached hydrogens (tertiary/aromatic N) is 1. The largest absolute Gasteiger partial charge is 0.467 e. The van der Waals surface area contributed by atoms with Crippen molar-refractivity contribution in [1.29, 1.82) is 0 Å². The monoisotopic (exact) mass is 312 g/mol. The SMILES string of the molecule is CC1CS(=O)(=O)CCN1Cc1cc(N)cc2c1OCOC2. The minimum absolute atomic E-state index is 0.000621. The lowest BCUT2D eigenvalue weighted by atomic mass is 10.1. The van der Waals surface area contributed by atoms with Crippen molar-refractivity contribution < 1.29 is 17.9 Å². The van der Waals surface area contributed by atoms with E-state index in [1.54, 1.807) is 0 Å². The van der Waals surface area contributed by atoms with Gasteiger partial charge >= 0.3 is 0 Å². The smallest absolute Gasteiger partial charge is 0.189 e. The van der Waals surface area contributed by atoms with Gasteiger partial charge in [-0.05, 0) is 19.1 Å². The first-order chi connectivity index (χ1) is 9.94. The highest BCUT2D eigenvalue weighted by atomic mass is 32.2. The summed E-state index contributed by atoms with van der Waals surface area (Å²) in [6, 6.07) is 3.77. The number of anilines is 1. The van der Waals surface area contributed by atoms with E-state index in [0.717, 1.165) is 16.9 Å². The van der Waals surface area contributed by atoms with Crippen molar-refractivity contribution >= 4 is 15.5 Å². The summed E-state index contributed by atoms with van der Waals surface area (Å²) in [4.78, 5) is 2.16. The Kier molecular flexibility index (Phi) is 3.81. The van der Waals surface area contributed by atoms with Crippen molar-refractivity contribution in [2.75, 3.05) is 30.6 Å². The average Bonchev–Trinajstić information content (AvgIpc) is 2.41. The van der Waals surface area contributed by atoms with Crippen molar-refractivity contribution in [2.45, 2.75) is 26.1 Å². The van der Waals surface area contributed by atoms with E-state index in [9.17, 15) is 8.42 Å². The highest BCUT2D eigenvalue weighted by Gasteiger charge is 2.29. The Labute approximate surface area is 124 Å². The highest BCUT2D eigenvalue weighted by Crippen LogP contribution is 2.32. The third-order valence-electron chi connectivity index (χ3n) is 3.99. The van der Waals surface area contributed by atoms with Gasteiger partial charge in [0.25, 0.3) is 0 Å². The second kappa shape index (κ2) is 5.47. The molecule has 6 nitrogen and oxygen atoms in total. The van der Waals surface area contributed by atoms with Gasteiger partial charge in [0, 0.05) is 35.9 Å². The number of ether oxygens (including phenoxy) is 2. The number of fused-ring (bicyclic) bond motifs is 1. The third-order valence-corrected chi connectivity index (χ3v) is 5.79. The molecule has 2 heterocycles. The van der Waals surface area contributed by atoms with E-state index in [-0.39, 0.29) is 24.3 Å². The maximum Gasteiger partial charge on any atom is 0.189 e. The van der Waals surface area contributed by atoms with Crippen LogP contribution >= 0.6 is 0 Å². The van der Waals surface area contributed by atoms with Crippen LogP contribution in [0.1, 0.15) is 18.1 Å². The summed E-state index contributed by atoms with van der Waals surface area (Å²) in [5, 5.41) is 0. The number of nitrogen functional groups attached to an aromatic ring is 1. The minimum Gasteiger partial charge on any atom is -0.467 e. The van der Waals surface area contributed by atoms with E-state index in [1.807, 2.05) is 19.1 Å². The van der Waals surface area contributed by atoms with Gasteiger partial charge in [-0.2, -0.15) is 0 Å². The topological polar surface area (TPSA) is 81.9 Å². The van der Waals surface area contributed by atoms with Crippen LogP contribution in [-0.4, -0.2) is 44.2 Å². The van der Waals surface area contributed by atoms with Crippen LogP contribution in [0.4, 0.5) is 5.69 Å². The quantitative estimate of drug-likeness (QED) is 0.812. The Balaban J connectivity index is 1.83. The van der Waals surface area contributed by atoms with Crippen LogP contribution in [-0.2, 0) is 27.7 Å². The van der Waals surface area contributed by atoms with Crippen LogP contribution in [0.5, 0.6) is 5.75 Å². The molecule has 1 aromatic rings. The van der Waals surface area contributed by atoms with Crippen LogP contribution in [0.3, 0.4) is 0 Å². The van der Waals surface area contributed by atoms with E-state index in [4.69, 9.17) is 15.2 Å². The Bertz CT molecular complexity index is 645. The first-order valence-electron chi connectivity index (χ1n) is 7.01. The molecule has 0 radical (unpaired) electrons. The molecular weight excluding hydrogens is 292 g/mol. The summed E-state index contributed by atoms with van der Waals surface area (Å²) in [6.07, 6.45) is 0. The molecule has 7 heteroatoms. The summed E-state index contributed by atoms with van der Waals surface area (Å²) in [6.45, 7) is 3.87. The molecule has 0 spiro atoms. The Morgan fingerprint density at radius 2 is 2.24 bits per heavy atom. The molecule has 1 atom stereocenters. The van der Waals surface area contributed by atoms with Gasteiger partial charge in [-0.3, -0.25) is 4.90 Å². The number of rotatable bonds is 2. The van der Waals surface area contributed by atoms with E-state index >= 15 is 0 Å². The second-order valence-electron chi connectivity index (χ2n) is 5.71. The summed E-state index contributed by atoms with van der Waals surface area (Å²) >= 11 is 0. The van der Waals surface area contributed by atoms with Gasteiger partial charge in [0.05, 0.1) is 18.1 Å². The summed E-state index contributed by atoms with van der Waals surface area (Å²) in [7, 11) is -2.90. The second-order valence-corrected chi connectivity index (χ2v) is 7.94. The molecule has 0 aliphatic carbocycles. The third kappa shape index (κ3) is 3.14. The Morgan fingerprint density at radius 1 is 1.43 bits per heavy atom. The van der Waals surface area contributed by atoms with E-state index in [2.05, 4.69) is 4.90 Å². The summed E-state index contributed by atoms with van der Waals surface area (Å²) < 4.78 is 34.2. The molecule has 2 aliphatic heterocycles. The molecule has 1 unspecified atom stereocenters. The van der Waals surface area contributed by atoms with Gasteiger partial charge in [0.15, 0.2) is 16.6 Å². The first-order valence-corrected chi connectivity index (χ1v) is 8.83. The number of hydrogen-bond donors (Lipinski definition) is 1. The fourth-order valence-electron chi connectivity index (χ4n) is 2.93. The van der Waals surface area contributed by atoms with Crippen LogP contribution in [0.2, 0.25) is 0 Å². The number of nitrogens with two attached hydrogens (primary N) is 1. The molecule has 1 aromatic carbocycles. The average molecular weight is 312 g/mol. The Hall–Kier alpha value is -1.31. The molecule has 2 aliphatic rings. The fraction of sp³-hybridized carbons (Fsp3) is 0.571. The van der Waals surface area contributed by atoms with Crippen molar-refractivity contribution in [1.82, 2.24) is 4.90 Å². The zero-order valence-electron chi connectivity index (χ0n) is 12.0. The molecule has 0 bridgehead atoms. The molecule has 0 amide bonds. The van der Waals surface area contributed by atoms with Crippen LogP contribution < -0.4 is 10.5 Å². The van der Waals surface area contributed by atoms with Crippen molar-refractivity contribution in [3.8, 4) is 5.75 Å². The van der Waals surface area contributed by atoms with Gasteiger partial charge in [-0.25, -0.2) is 8.42 Å². The molecule has 0 saturated carbocycles. The first kappa shape index (κ1) is 14.6. The highest BCUT2D eigenvalue weighted by molar-refractivity contribution is 7.91. The van der Waals surface area contributed by atoms with Crippen LogP contribution in [0.25, 0.3) is 0 Å². The minimum atomic E-state index is -2.90. The molecule has 1 fully saturated rings. The lowest BCUT2D eigenvalue weighted by Gasteiger charge is -2.34. The molecule has 21 heavy (non-hydrogen) atoms. The summed E-state index contributed by atoms with van der Waals surface area (Å²) in [5.74, 6) is 1.25. The summed E-state index contributed by atoms with van der Waals surface area (Å²) in [5.41, 5.74) is 8.57. The van der Waals surface area contributed by atoms with Gasteiger partial charge in [-0.15, -0.1) is 0 Å². The maximum absolute atomic E-state index is 11.7. The maximum atomic E-state index is 11.7. The Morgan fingerprint density at radius 3 is 3.00 bits per heavy atom. The molecule has 2 N–H and O–H groups in total. The van der Waals surface area contributed by atoms with Crippen LogP contribution in [0, 0.1) is 0 Å². The molecule has 116 valence electrons. The standard InChI is InChI=1S/C14H20N2O4S/c1-10-8-21(17,18)3-2-16(10)6-11-4-13(15)5-12-7-19-9-20-14(11)12/h4-5,10H,2-3,6-9,15H2,1H3. The zero-order valence-corrected chi connectivity index (χ0v) is 12.9. The van der Waals surface area contributed by atoms with E-state index < -0.39 is 9.84 Å². The van der Waals surface area contributed by atoms with Gasteiger partial charge in [0.2, 0.25) is 0 Å². The fourth-order valence-corrected chi connectivity index (χ4v) is 4.56. The van der Waals surface area contributed by atoms with Gasteiger partial charge in [-0.1, -0.05) is 0 Å². The van der Waals surface area contributed by atoms with Crippen molar-refractivity contribution in [3.63, 3.8) is 0 Å². The van der Waals surface area contributed by atoms with Gasteiger partial charge in [0.1, 0.15) is 5.75 Å². The lowest BCUT2D eigenvalue weighted by molar-refractivity contribution is -0.0175. The number of sulfone groups is 1. The van der Waals surface area contributed by atoms with E-state index in [0.29, 0.717) is 25.4 Å². The zero-order chi connectivity index (χ0) is 15.0. The number of hydrogen-bond acceptors (Lipinski definition) is 6. The van der Waals surface area contributed by atoms with Crippen LogP contribution in [0.15, 0.2) is 12.1 Å².